The molecule has 0 heterocycles. The van der Waals surface area contributed by atoms with Crippen LogP contribution in [0.3, 0.4) is 0 Å². The lowest BCUT2D eigenvalue weighted by atomic mass is 10.00. The monoisotopic (exact) mass is 170 g/mol. The second-order valence-electron chi connectivity index (χ2n) is 3.78. The smallest absolute Gasteiger partial charge is 0.104 e. The van der Waals surface area contributed by atoms with Crippen LogP contribution in [0.5, 0.6) is 0 Å². The molecule has 0 N–H and O–H groups in total. The lowest BCUT2D eigenvalue weighted by molar-refractivity contribution is 0.0819. The van der Waals surface area contributed by atoms with Crippen molar-refractivity contribution in [2.24, 2.45) is 5.22 Å². The van der Waals surface area contributed by atoms with E-state index in [1.54, 1.807) is 5.01 Å². The van der Waals surface area contributed by atoms with Crippen LogP contribution in [0.4, 0.5) is 0 Å². The molecule has 70 valence electrons. The Hall–Kier alpha value is -0.890. The summed E-state index contributed by atoms with van der Waals surface area (Å²) in [5.41, 5.74) is 8.31. The maximum atomic E-state index is 8.36. The molecular formula is C8H18N4. The van der Waals surface area contributed by atoms with Crippen molar-refractivity contribution in [3.05, 3.63) is 10.4 Å². The third kappa shape index (κ3) is 2.62. The highest BCUT2D eigenvalue weighted by Gasteiger charge is 2.29. The van der Waals surface area contributed by atoms with Gasteiger partial charge >= 0.3 is 0 Å². The minimum Gasteiger partial charge on any atom is -0.241 e. The predicted octanol–water partition coefficient (Wildman–Crippen LogP) is 3.11. The molecule has 0 aliphatic heterocycles. The average molecular weight is 170 g/mol. The minimum absolute atomic E-state index is 0.0552. The first kappa shape index (κ1) is 11.1. The van der Waals surface area contributed by atoms with Gasteiger partial charge in [0.25, 0.3) is 0 Å². The summed E-state index contributed by atoms with van der Waals surface area (Å²) in [4.78, 5) is 2.82. The van der Waals surface area contributed by atoms with Crippen molar-refractivity contribution in [3.63, 3.8) is 0 Å². The zero-order valence-corrected chi connectivity index (χ0v) is 8.57. The van der Waals surface area contributed by atoms with Crippen molar-refractivity contribution < 1.29 is 0 Å². The molecule has 0 atom stereocenters. The van der Waals surface area contributed by atoms with Crippen LogP contribution in [0.25, 0.3) is 10.4 Å². The molecule has 0 radical (unpaired) electrons. The summed E-state index contributed by atoms with van der Waals surface area (Å²) in [6, 6.07) is 0.246. The van der Waals surface area contributed by atoms with E-state index in [0.29, 0.717) is 0 Å². The third-order valence-electron chi connectivity index (χ3n) is 2.11. The second-order valence-corrected chi connectivity index (χ2v) is 3.78. The molecule has 0 rings (SSSR count). The number of hydrogen-bond acceptors (Lipinski definition) is 1. The molecule has 0 aromatic carbocycles. The van der Waals surface area contributed by atoms with Gasteiger partial charge in [0, 0.05) is 0 Å². The van der Waals surface area contributed by atoms with Gasteiger partial charge in [-0.05, 0) is 39.3 Å². The molecule has 0 bridgehead atoms. The SMILES string of the molecule is CCC(C)(C)N(N=[N+]=[N-])C(C)C. The zero-order chi connectivity index (χ0) is 9.78. The van der Waals surface area contributed by atoms with Gasteiger partial charge in [-0.2, -0.15) is 4.91 Å². The topological polar surface area (TPSA) is 52.0 Å². The van der Waals surface area contributed by atoms with Gasteiger partial charge < -0.3 is 0 Å². The molecule has 0 saturated carbocycles. The predicted molar refractivity (Wildman–Crippen MR) is 50.5 cm³/mol. The van der Waals surface area contributed by atoms with E-state index in [1.165, 1.54) is 0 Å². The molecule has 0 fully saturated rings. The van der Waals surface area contributed by atoms with Gasteiger partial charge in [0.2, 0.25) is 0 Å². The fourth-order valence-electron chi connectivity index (χ4n) is 1.13. The molecule has 0 saturated heterocycles. The Morgan fingerprint density at radius 2 is 2.00 bits per heavy atom. The van der Waals surface area contributed by atoms with E-state index < -0.39 is 0 Å². The Balaban J connectivity index is 4.61. The second kappa shape index (κ2) is 4.21. The van der Waals surface area contributed by atoms with Crippen molar-refractivity contribution in [1.29, 1.82) is 0 Å². The Morgan fingerprint density at radius 3 is 2.25 bits per heavy atom. The Labute approximate surface area is 74.2 Å². The minimum atomic E-state index is -0.0552. The molecular weight excluding hydrogens is 152 g/mol. The summed E-state index contributed by atoms with van der Waals surface area (Å²) in [5, 5.41) is 5.48. The molecule has 0 aromatic heterocycles. The average Bonchev–Trinajstić information content (AvgIpc) is 1.99. The van der Waals surface area contributed by atoms with Crippen LogP contribution in [-0.2, 0) is 0 Å². The van der Waals surface area contributed by atoms with E-state index in [2.05, 4.69) is 30.9 Å². The van der Waals surface area contributed by atoms with E-state index in [4.69, 9.17) is 5.53 Å². The highest BCUT2D eigenvalue weighted by Crippen LogP contribution is 2.21. The van der Waals surface area contributed by atoms with E-state index in [9.17, 15) is 0 Å². The highest BCUT2D eigenvalue weighted by atomic mass is 15.6. The lowest BCUT2D eigenvalue weighted by Gasteiger charge is -2.33. The standard InChI is InChI=1S/C8H18N4/c1-6-8(4,5)12(7(2)3)11-10-9/h7H,6H2,1-5H3. The van der Waals surface area contributed by atoms with Gasteiger partial charge in [0.1, 0.15) is 5.54 Å². The quantitative estimate of drug-likeness (QED) is 0.277. The van der Waals surface area contributed by atoms with Crippen LogP contribution < -0.4 is 0 Å². The van der Waals surface area contributed by atoms with Crippen molar-refractivity contribution in [2.75, 3.05) is 0 Å². The van der Waals surface area contributed by atoms with E-state index >= 15 is 0 Å². The van der Waals surface area contributed by atoms with Crippen molar-refractivity contribution in [2.45, 2.75) is 52.6 Å². The van der Waals surface area contributed by atoms with Crippen LogP contribution in [0.15, 0.2) is 5.22 Å². The maximum absolute atomic E-state index is 8.36. The van der Waals surface area contributed by atoms with Crippen molar-refractivity contribution in [1.82, 2.24) is 5.01 Å². The van der Waals surface area contributed by atoms with E-state index in [1.807, 2.05) is 13.8 Å². The first-order valence-electron chi connectivity index (χ1n) is 4.30. The van der Waals surface area contributed by atoms with Gasteiger partial charge in [-0.1, -0.05) is 6.92 Å². The van der Waals surface area contributed by atoms with Crippen molar-refractivity contribution in [3.8, 4) is 0 Å². The Bertz CT molecular complexity index is 179. The summed E-state index contributed by atoms with van der Waals surface area (Å²) in [6.45, 7) is 10.3. The van der Waals surface area contributed by atoms with Crippen LogP contribution in [-0.4, -0.2) is 16.6 Å². The zero-order valence-electron chi connectivity index (χ0n) is 8.57. The Kier molecular flexibility index (Phi) is 3.90. The number of rotatable bonds is 4. The van der Waals surface area contributed by atoms with Crippen LogP contribution >= 0.6 is 0 Å². The largest absolute Gasteiger partial charge is 0.241 e. The third-order valence-corrected chi connectivity index (χ3v) is 2.11. The summed E-state index contributed by atoms with van der Waals surface area (Å²) in [7, 11) is 0. The van der Waals surface area contributed by atoms with E-state index in [0.717, 1.165) is 6.42 Å². The van der Waals surface area contributed by atoms with Gasteiger partial charge in [0.05, 0.1) is 6.04 Å². The van der Waals surface area contributed by atoms with Crippen LogP contribution in [0.1, 0.15) is 41.0 Å². The summed E-state index contributed by atoms with van der Waals surface area (Å²) in [6.07, 6.45) is 0.963. The number of nitrogens with zero attached hydrogens (tertiary/aromatic N) is 4. The van der Waals surface area contributed by atoms with Crippen LogP contribution in [0.2, 0.25) is 0 Å². The van der Waals surface area contributed by atoms with Crippen molar-refractivity contribution >= 4 is 0 Å². The molecule has 0 amide bonds. The fraction of sp³-hybridized carbons (Fsp3) is 1.00. The first-order valence-corrected chi connectivity index (χ1v) is 4.30. The number of azide groups is 1. The Morgan fingerprint density at radius 1 is 1.50 bits per heavy atom. The molecule has 0 spiro atoms. The lowest BCUT2D eigenvalue weighted by Crippen LogP contribution is -2.43. The molecule has 4 heteroatoms. The van der Waals surface area contributed by atoms with Gasteiger partial charge in [-0.25, -0.2) is 5.01 Å². The van der Waals surface area contributed by atoms with Gasteiger partial charge in [0.15, 0.2) is 0 Å². The molecule has 4 nitrogen and oxygen atoms in total. The maximum Gasteiger partial charge on any atom is 0.104 e. The molecule has 12 heavy (non-hydrogen) atoms. The molecule has 0 unspecified atom stereocenters. The summed E-state index contributed by atoms with van der Waals surface area (Å²) in [5.74, 6) is 0. The first-order chi connectivity index (χ1) is 5.45. The fourth-order valence-corrected chi connectivity index (χ4v) is 1.13. The molecule has 0 aliphatic carbocycles. The number of hydrogen-bond donors (Lipinski definition) is 0. The van der Waals surface area contributed by atoms with Crippen LogP contribution in [0, 0.1) is 0 Å². The molecule has 0 aromatic rings. The van der Waals surface area contributed by atoms with Gasteiger partial charge in [-0.15, -0.1) is 5.53 Å². The normalized spacial score (nSPS) is 11.2. The van der Waals surface area contributed by atoms with Gasteiger partial charge in [-0.3, -0.25) is 0 Å². The molecule has 0 aliphatic rings. The summed E-state index contributed by atoms with van der Waals surface area (Å²) >= 11 is 0. The van der Waals surface area contributed by atoms with E-state index in [-0.39, 0.29) is 11.6 Å². The summed E-state index contributed by atoms with van der Waals surface area (Å²) < 4.78 is 0. The highest BCUT2D eigenvalue weighted by molar-refractivity contribution is 4.79.